The van der Waals surface area contributed by atoms with Crippen molar-refractivity contribution in [1.82, 2.24) is 5.32 Å². The van der Waals surface area contributed by atoms with Crippen LogP contribution < -0.4 is 10.1 Å². The van der Waals surface area contributed by atoms with E-state index in [0.29, 0.717) is 18.9 Å². The van der Waals surface area contributed by atoms with Gasteiger partial charge in [-0.1, -0.05) is 24.3 Å². The molecule has 0 aliphatic carbocycles. The molecule has 120 valence electrons. The van der Waals surface area contributed by atoms with Crippen LogP contribution in [0.1, 0.15) is 40.4 Å². The summed E-state index contributed by atoms with van der Waals surface area (Å²) in [6.45, 7) is 1.10. The first-order valence-electron chi connectivity index (χ1n) is 7.62. The van der Waals surface area contributed by atoms with E-state index in [1.807, 2.05) is 6.07 Å². The Bertz CT molecular complexity index is 700. The maximum atomic E-state index is 13.9. The molecular formula is C18H18FNO3. The van der Waals surface area contributed by atoms with Crippen molar-refractivity contribution in [1.29, 1.82) is 0 Å². The molecule has 1 aliphatic rings. The number of aromatic carboxylic acids is 1. The van der Waals surface area contributed by atoms with E-state index in [-0.39, 0.29) is 17.4 Å². The Hall–Kier alpha value is -2.40. The predicted octanol–water partition coefficient (Wildman–Crippen LogP) is 3.53. The zero-order valence-electron chi connectivity index (χ0n) is 12.6. The van der Waals surface area contributed by atoms with E-state index in [1.165, 1.54) is 6.07 Å². The topological polar surface area (TPSA) is 58.6 Å². The first-order chi connectivity index (χ1) is 11.1. The average molecular weight is 315 g/mol. The second kappa shape index (κ2) is 6.79. The summed E-state index contributed by atoms with van der Waals surface area (Å²) in [4.78, 5) is 10.9. The molecule has 0 fully saturated rings. The second-order valence-corrected chi connectivity index (χ2v) is 5.58. The lowest BCUT2D eigenvalue weighted by atomic mass is 10.0. The van der Waals surface area contributed by atoms with Gasteiger partial charge in [-0.3, -0.25) is 0 Å². The van der Waals surface area contributed by atoms with Crippen molar-refractivity contribution in [3.05, 3.63) is 65.0 Å². The summed E-state index contributed by atoms with van der Waals surface area (Å²) < 4.78 is 19.4. The Balaban J connectivity index is 1.73. The van der Waals surface area contributed by atoms with Crippen molar-refractivity contribution < 1.29 is 19.0 Å². The molecule has 1 heterocycles. The number of carboxylic acid groups (broad SMARTS) is 1. The number of carbonyl (C=O) groups is 1. The Kier molecular flexibility index (Phi) is 4.57. The number of halogens is 1. The van der Waals surface area contributed by atoms with Gasteiger partial charge in [0.05, 0.1) is 12.2 Å². The van der Waals surface area contributed by atoms with Crippen LogP contribution in [0.3, 0.4) is 0 Å². The summed E-state index contributed by atoms with van der Waals surface area (Å²) in [5.41, 5.74) is 2.09. The lowest BCUT2D eigenvalue weighted by Gasteiger charge is -2.18. The Morgan fingerprint density at radius 3 is 2.78 bits per heavy atom. The van der Waals surface area contributed by atoms with E-state index < -0.39 is 5.97 Å². The highest BCUT2D eigenvalue weighted by molar-refractivity contribution is 5.87. The Morgan fingerprint density at radius 2 is 2.04 bits per heavy atom. The van der Waals surface area contributed by atoms with E-state index in [2.05, 4.69) is 5.32 Å². The average Bonchev–Trinajstić information content (AvgIpc) is 2.76. The third-order valence-electron chi connectivity index (χ3n) is 4.01. The van der Waals surface area contributed by atoms with Crippen molar-refractivity contribution in [3.8, 4) is 5.75 Å². The van der Waals surface area contributed by atoms with Crippen LogP contribution >= 0.6 is 0 Å². The van der Waals surface area contributed by atoms with Gasteiger partial charge in [0.2, 0.25) is 0 Å². The van der Waals surface area contributed by atoms with Gasteiger partial charge < -0.3 is 15.2 Å². The molecule has 0 saturated carbocycles. The summed E-state index contributed by atoms with van der Waals surface area (Å²) in [5.74, 6) is -0.930. The summed E-state index contributed by atoms with van der Waals surface area (Å²) >= 11 is 0. The third kappa shape index (κ3) is 3.51. The summed E-state index contributed by atoms with van der Waals surface area (Å²) in [7, 11) is 0. The lowest BCUT2D eigenvalue weighted by molar-refractivity contribution is 0.0697. The van der Waals surface area contributed by atoms with Crippen LogP contribution in [0.5, 0.6) is 5.75 Å². The van der Waals surface area contributed by atoms with Crippen molar-refractivity contribution in [3.63, 3.8) is 0 Å². The van der Waals surface area contributed by atoms with Crippen LogP contribution in [0.4, 0.5) is 4.39 Å². The fourth-order valence-electron chi connectivity index (χ4n) is 2.79. The predicted molar refractivity (Wildman–Crippen MR) is 84.1 cm³/mol. The molecule has 0 spiro atoms. The fourth-order valence-corrected chi connectivity index (χ4v) is 2.79. The van der Waals surface area contributed by atoms with Gasteiger partial charge in [0.1, 0.15) is 0 Å². The SMILES string of the molecule is O=C(O)c1ccc(CNC2CCCOc3c(F)cccc32)cc1. The number of ether oxygens (including phenoxy) is 1. The minimum absolute atomic E-state index is 0.0161. The summed E-state index contributed by atoms with van der Waals surface area (Å²) in [5, 5.41) is 12.3. The molecule has 0 radical (unpaired) electrons. The number of rotatable bonds is 4. The van der Waals surface area contributed by atoms with Crippen LogP contribution in [-0.2, 0) is 6.54 Å². The molecule has 1 unspecified atom stereocenters. The van der Waals surface area contributed by atoms with E-state index in [9.17, 15) is 9.18 Å². The van der Waals surface area contributed by atoms with Gasteiger partial charge in [-0.15, -0.1) is 0 Å². The minimum atomic E-state index is -0.935. The molecule has 2 N–H and O–H groups in total. The van der Waals surface area contributed by atoms with Gasteiger partial charge in [0.25, 0.3) is 0 Å². The maximum absolute atomic E-state index is 13.9. The molecular weight excluding hydrogens is 297 g/mol. The highest BCUT2D eigenvalue weighted by Gasteiger charge is 2.21. The van der Waals surface area contributed by atoms with E-state index in [1.54, 1.807) is 30.3 Å². The fraction of sp³-hybridized carbons (Fsp3) is 0.278. The molecule has 4 nitrogen and oxygen atoms in total. The highest BCUT2D eigenvalue weighted by atomic mass is 19.1. The molecule has 3 rings (SSSR count). The molecule has 2 aromatic carbocycles. The first kappa shape index (κ1) is 15.5. The molecule has 23 heavy (non-hydrogen) atoms. The van der Waals surface area contributed by atoms with E-state index in [0.717, 1.165) is 24.0 Å². The molecule has 1 aliphatic heterocycles. The van der Waals surface area contributed by atoms with Gasteiger partial charge in [-0.05, 0) is 36.6 Å². The number of benzene rings is 2. The summed E-state index contributed by atoms with van der Waals surface area (Å²) in [6, 6.07) is 11.8. The van der Waals surface area contributed by atoms with Crippen LogP contribution in [0, 0.1) is 5.82 Å². The van der Waals surface area contributed by atoms with Gasteiger partial charge in [0, 0.05) is 18.2 Å². The Labute approximate surface area is 133 Å². The number of nitrogens with one attached hydrogen (secondary N) is 1. The monoisotopic (exact) mass is 315 g/mol. The molecule has 0 amide bonds. The highest BCUT2D eigenvalue weighted by Crippen LogP contribution is 2.33. The lowest BCUT2D eigenvalue weighted by Crippen LogP contribution is -2.20. The largest absolute Gasteiger partial charge is 0.490 e. The Morgan fingerprint density at radius 1 is 1.26 bits per heavy atom. The van der Waals surface area contributed by atoms with Gasteiger partial charge in [0.15, 0.2) is 11.6 Å². The van der Waals surface area contributed by atoms with E-state index >= 15 is 0 Å². The van der Waals surface area contributed by atoms with Crippen LogP contribution in [-0.4, -0.2) is 17.7 Å². The van der Waals surface area contributed by atoms with Crippen molar-refractivity contribution in [2.45, 2.75) is 25.4 Å². The molecule has 0 bridgehead atoms. The van der Waals surface area contributed by atoms with Crippen LogP contribution in [0.25, 0.3) is 0 Å². The summed E-state index contributed by atoms with van der Waals surface area (Å²) in [6.07, 6.45) is 1.72. The number of para-hydroxylation sites is 1. The number of hydrogen-bond acceptors (Lipinski definition) is 3. The van der Waals surface area contributed by atoms with Gasteiger partial charge in [-0.25, -0.2) is 9.18 Å². The number of fused-ring (bicyclic) bond motifs is 1. The molecule has 0 saturated heterocycles. The van der Waals surface area contributed by atoms with Crippen LogP contribution in [0.15, 0.2) is 42.5 Å². The maximum Gasteiger partial charge on any atom is 0.335 e. The van der Waals surface area contributed by atoms with Gasteiger partial charge >= 0.3 is 5.97 Å². The quantitative estimate of drug-likeness (QED) is 0.906. The number of hydrogen-bond donors (Lipinski definition) is 2. The second-order valence-electron chi connectivity index (χ2n) is 5.58. The van der Waals surface area contributed by atoms with Crippen LogP contribution in [0.2, 0.25) is 0 Å². The standard InChI is InChI=1S/C18H18FNO3/c19-15-4-1-3-14-16(5-2-10-23-17(14)15)20-11-12-6-8-13(9-7-12)18(21)22/h1,3-4,6-9,16,20H,2,5,10-11H2,(H,21,22). The zero-order chi connectivity index (χ0) is 16.2. The van der Waals surface area contributed by atoms with Crippen molar-refractivity contribution in [2.24, 2.45) is 0 Å². The zero-order valence-corrected chi connectivity index (χ0v) is 12.6. The van der Waals surface area contributed by atoms with Crippen molar-refractivity contribution in [2.75, 3.05) is 6.61 Å². The molecule has 0 aromatic heterocycles. The molecule has 2 aromatic rings. The number of carboxylic acids is 1. The normalized spacial score (nSPS) is 17.0. The van der Waals surface area contributed by atoms with Crippen molar-refractivity contribution >= 4 is 5.97 Å². The minimum Gasteiger partial charge on any atom is -0.490 e. The smallest absolute Gasteiger partial charge is 0.335 e. The third-order valence-corrected chi connectivity index (χ3v) is 4.01. The first-order valence-corrected chi connectivity index (χ1v) is 7.62. The molecule has 5 heteroatoms. The van der Waals surface area contributed by atoms with E-state index in [4.69, 9.17) is 9.84 Å². The van der Waals surface area contributed by atoms with Gasteiger partial charge in [-0.2, -0.15) is 0 Å². The molecule has 1 atom stereocenters.